The van der Waals surface area contributed by atoms with Gasteiger partial charge in [-0.3, -0.25) is 4.79 Å². The van der Waals surface area contributed by atoms with Crippen molar-refractivity contribution in [3.63, 3.8) is 0 Å². The SMILES string of the molecule is C=CC(=O)Nc1ccc2c(N3CCCCC3)nc(N3CCOCC3)cc2c1. The van der Waals surface area contributed by atoms with Gasteiger partial charge in [-0.05, 0) is 55.0 Å². The molecule has 0 aliphatic carbocycles. The van der Waals surface area contributed by atoms with E-state index in [0.717, 1.165) is 67.5 Å². The minimum absolute atomic E-state index is 0.201. The first kappa shape index (κ1) is 17.8. The number of benzene rings is 1. The molecule has 142 valence electrons. The van der Waals surface area contributed by atoms with Crippen LogP contribution in [0.25, 0.3) is 10.8 Å². The summed E-state index contributed by atoms with van der Waals surface area (Å²) in [5.74, 6) is 1.84. The number of nitrogens with one attached hydrogen (secondary N) is 1. The van der Waals surface area contributed by atoms with Gasteiger partial charge in [0.1, 0.15) is 11.6 Å². The van der Waals surface area contributed by atoms with E-state index >= 15 is 0 Å². The van der Waals surface area contributed by atoms with E-state index in [1.165, 1.54) is 25.3 Å². The zero-order chi connectivity index (χ0) is 18.6. The molecule has 2 aliphatic heterocycles. The molecule has 0 unspecified atom stereocenters. The highest BCUT2D eigenvalue weighted by atomic mass is 16.5. The Labute approximate surface area is 159 Å². The number of morpholine rings is 1. The maximum atomic E-state index is 11.7. The van der Waals surface area contributed by atoms with Crippen LogP contribution in [-0.2, 0) is 9.53 Å². The van der Waals surface area contributed by atoms with Gasteiger partial charge in [0.05, 0.1) is 13.2 Å². The molecule has 1 aromatic carbocycles. The minimum Gasteiger partial charge on any atom is -0.378 e. The van der Waals surface area contributed by atoms with Crippen LogP contribution in [0.15, 0.2) is 36.9 Å². The topological polar surface area (TPSA) is 57.7 Å². The second-order valence-electron chi connectivity index (χ2n) is 7.08. The van der Waals surface area contributed by atoms with E-state index in [4.69, 9.17) is 9.72 Å². The number of hydrogen-bond acceptors (Lipinski definition) is 5. The molecule has 6 heteroatoms. The first-order valence-corrected chi connectivity index (χ1v) is 9.70. The summed E-state index contributed by atoms with van der Waals surface area (Å²) >= 11 is 0. The van der Waals surface area contributed by atoms with Gasteiger partial charge in [0, 0.05) is 37.3 Å². The van der Waals surface area contributed by atoms with Crippen LogP contribution in [-0.4, -0.2) is 50.3 Å². The highest BCUT2D eigenvalue weighted by molar-refractivity contribution is 6.02. The molecule has 27 heavy (non-hydrogen) atoms. The minimum atomic E-state index is -0.201. The van der Waals surface area contributed by atoms with Crippen LogP contribution in [0.5, 0.6) is 0 Å². The van der Waals surface area contributed by atoms with Gasteiger partial charge in [-0.1, -0.05) is 6.58 Å². The van der Waals surface area contributed by atoms with Crippen LogP contribution >= 0.6 is 0 Å². The molecule has 2 fully saturated rings. The van der Waals surface area contributed by atoms with Gasteiger partial charge in [0.15, 0.2) is 0 Å². The van der Waals surface area contributed by atoms with Crippen molar-refractivity contribution < 1.29 is 9.53 Å². The quantitative estimate of drug-likeness (QED) is 0.842. The average molecular weight is 366 g/mol. The van der Waals surface area contributed by atoms with Crippen LogP contribution in [0.2, 0.25) is 0 Å². The molecule has 4 rings (SSSR count). The predicted molar refractivity (Wildman–Crippen MR) is 110 cm³/mol. The first-order chi connectivity index (χ1) is 13.2. The summed E-state index contributed by atoms with van der Waals surface area (Å²) in [6.45, 7) is 8.78. The molecule has 2 aromatic rings. The molecule has 2 aliphatic rings. The smallest absolute Gasteiger partial charge is 0.247 e. The number of nitrogens with zero attached hydrogens (tertiary/aromatic N) is 3. The lowest BCUT2D eigenvalue weighted by molar-refractivity contribution is -0.111. The van der Waals surface area contributed by atoms with E-state index in [1.54, 1.807) is 0 Å². The number of aromatic nitrogens is 1. The number of carbonyl (C=O) groups is 1. The number of ether oxygens (including phenoxy) is 1. The fourth-order valence-corrected chi connectivity index (χ4v) is 3.80. The third kappa shape index (κ3) is 3.90. The maximum absolute atomic E-state index is 11.7. The average Bonchev–Trinajstić information content (AvgIpc) is 2.74. The number of piperidine rings is 1. The Balaban J connectivity index is 1.77. The van der Waals surface area contributed by atoms with Crippen LogP contribution in [0.4, 0.5) is 17.3 Å². The van der Waals surface area contributed by atoms with Crippen molar-refractivity contribution in [2.24, 2.45) is 0 Å². The van der Waals surface area contributed by atoms with Crippen molar-refractivity contribution in [1.82, 2.24) is 4.98 Å². The van der Waals surface area contributed by atoms with E-state index in [0.29, 0.717) is 0 Å². The van der Waals surface area contributed by atoms with Gasteiger partial charge in [-0.2, -0.15) is 0 Å². The largest absolute Gasteiger partial charge is 0.378 e. The third-order valence-corrected chi connectivity index (χ3v) is 5.24. The highest BCUT2D eigenvalue weighted by Gasteiger charge is 2.20. The molecule has 6 nitrogen and oxygen atoms in total. The van der Waals surface area contributed by atoms with Crippen LogP contribution in [0.3, 0.4) is 0 Å². The molecular weight excluding hydrogens is 340 g/mol. The summed E-state index contributed by atoms with van der Waals surface area (Å²) in [5.41, 5.74) is 0.774. The fourth-order valence-electron chi connectivity index (χ4n) is 3.80. The second-order valence-corrected chi connectivity index (χ2v) is 7.08. The molecule has 0 spiro atoms. The maximum Gasteiger partial charge on any atom is 0.247 e. The van der Waals surface area contributed by atoms with Gasteiger partial charge in [-0.15, -0.1) is 0 Å². The monoisotopic (exact) mass is 366 g/mol. The molecule has 1 N–H and O–H groups in total. The van der Waals surface area contributed by atoms with E-state index in [9.17, 15) is 4.79 Å². The van der Waals surface area contributed by atoms with Gasteiger partial charge in [0.25, 0.3) is 0 Å². The molecule has 1 amide bonds. The predicted octanol–water partition coefficient (Wildman–Crippen LogP) is 3.19. The molecule has 0 saturated carbocycles. The summed E-state index contributed by atoms with van der Waals surface area (Å²) in [5, 5.41) is 5.08. The summed E-state index contributed by atoms with van der Waals surface area (Å²) in [7, 11) is 0. The standard InChI is InChI=1S/C21H26N4O2/c1-2-20(26)22-17-6-7-18-16(14-17)15-19(24-10-12-27-13-11-24)23-21(18)25-8-4-3-5-9-25/h2,6-7,14-15H,1,3-5,8-13H2,(H,22,26). The van der Waals surface area contributed by atoms with Gasteiger partial charge >= 0.3 is 0 Å². The Morgan fingerprint density at radius 2 is 1.85 bits per heavy atom. The summed E-state index contributed by atoms with van der Waals surface area (Å²) < 4.78 is 5.49. The van der Waals surface area contributed by atoms with Crippen molar-refractivity contribution in [1.29, 1.82) is 0 Å². The summed E-state index contributed by atoms with van der Waals surface area (Å²) in [6, 6.07) is 8.15. The zero-order valence-corrected chi connectivity index (χ0v) is 15.6. The number of hydrogen-bond donors (Lipinski definition) is 1. The Hall–Kier alpha value is -2.60. The Kier molecular flexibility index (Phi) is 5.25. The third-order valence-electron chi connectivity index (χ3n) is 5.24. The number of amides is 1. The van der Waals surface area contributed by atoms with Crippen molar-refractivity contribution in [3.05, 3.63) is 36.9 Å². The second kappa shape index (κ2) is 7.96. The number of fused-ring (bicyclic) bond motifs is 1. The van der Waals surface area contributed by atoms with Crippen LogP contribution in [0, 0.1) is 0 Å². The highest BCUT2D eigenvalue weighted by Crippen LogP contribution is 2.32. The number of carbonyl (C=O) groups excluding carboxylic acids is 1. The fraction of sp³-hybridized carbons (Fsp3) is 0.429. The molecular formula is C21H26N4O2. The summed E-state index contributed by atoms with van der Waals surface area (Å²) in [4.78, 5) is 21.4. The number of anilines is 3. The molecule has 0 atom stereocenters. The van der Waals surface area contributed by atoms with Gasteiger partial charge in [0.2, 0.25) is 5.91 Å². The Morgan fingerprint density at radius 3 is 2.59 bits per heavy atom. The molecule has 0 bridgehead atoms. The first-order valence-electron chi connectivity index (χ1n) is 9.70. The van der Waals surface area contributed by atoms with E-state index in [1.807, 2.05) is 12.1 Å². The van der Waals surface area contributed by atoms with Crippen LogP contribution < -0.4 is 15.1 Å². The summed E-state index contributed by atoms with van der Waals surface area (Å²) in [6.07, 6.45) is 4.99. The lowest BCUT2D eigenvalue weighted by Crippen LogP contribution is -2.37. The van der Waals surface area contributed by atoms with Crippen LogP contribution in [0.1, 0.15) is 19.3 Å². The normalized spacial score (nSPS) is 17.8. The van der Waals surface area contributed by atoms with E-state index in [2.05, 4.69) is 33.8 Å². The molecule has 1 aromatic heterocycles. The molecule has 0 radical (unpaired) electrons. The van der Waals surface area contributed by atoms with Gasteiger partial charge in [-0.25, -0.2) is 4.98 Å². The molecule has 2 saturated heterocycles. The van der Waals surface area contributed by atoms with E-state index in [-0.39, 0.29) is 5.91 Å². The lowest BCUT2D eigenvalue weighted by atomic mass is 10.1. The molecule has 3 heterocycles. The zero-order valence-electron chi connectivity index (χ0n) is 15.6. The number of pyridine rings is 1. The number of rotatable bonds is 4. The van der Waals surface area contributed by atoms with Crippen molar-refractivity contribution in [3.8, 4) is 0 Å². The van der Waals surface area contributed by atoms with Crippen molar-refractivity contribution in [2.45, 2.75) is 19.3 Å². The lowest BCUT2D eigenvalue weighted by Gasteiger charge is -2.32. The van der Waals surface area contributed by atoms with Crippen molar-refractivity contribution in [2.75, 3.05) is 54.5 Å². The Bertz CT molecular complexity index is 839. The Morgan fingerprint density at radius 1 is 1.07 bits per heavy atom. The van der Waals surface area contributed by atoms with E-state index < -0.39 is 0 Å². The van der Waals surface area contributed by atoms with Gasteiger partial charge < -0.3 is 19.9 Å². The van der Waals surface area contributed by atoms with Crippen molar-refractivity contribution >= 4 is 34.0 Å².